The van der Waals surface area contributed by atoms with E-state index in [-0.39, 0.29) is 6.04 Å². The molecule has 0 bridgehead atoms. The lowest BCUT2D eigenvalue weighted by atomic mass is 10.2. The number of carbonyl (C=O) groups is 3. The summed E-state index contributed by atoms with van der Waals surface area (Å²) in [7, 11) is 0. The van der Waals surface area contributed by atoms with Gasteiger partial charge >= 0.3 is 11.8 Å². The number of rotatable bonds is 2. The molecule has 1 aliphatic carbocycles. The van der Waals surface area contributed by atoms with Crippen LogP contribution in [0.5, 0.6) is 0 Å². The third kappa shape index (κ3) is 3.78. The van der Waals surface area contributed by atoms with Crippen molar-refractivity contribution in [3.63, 3.8) is 0 Å². The van der Waals surface area contributed by atoms with E-state index in [1.165, 1.54) is 0 Å². The summed E-state index contributed by atoms with van der Waals surface area (Å²) < 4.78 is 0.601. The van der Waals surface area contributed by atoms with Gasteiger partial charge in [0.2, 0.25) is 0 Å². The normalized spacial score (nSPS) is 13.5. The summed E-state index contributed by atoms with van der Waals surface area (Å²) in [6.07, 6.45) is 1.78. The molecule has 1 saturated carbocycles. The number of amides is 3. The van der Waals surface area contributed by atoms with Gasteiger partial charge < -0.3 is 5.32 Å². The minimum absolute atomic E-state index is 0.0946. The fraction of sp³-hybridized carbons (Fsp3) is 0.250. The van der Waals surface area contributed by atoms with Crippen molar-refractivity contribution in [2.75, 3.05) is 0 Å². The molecule has 0 aliphatic heterocycles. The number of hydrazine groups is 1. The molecule has 1 fully saturated rings. The lowest BCUT2D eigenvalue weighted by Gasteiger charge is -2.08. The molecule has 0 saturated heterocycles. The maximum Gasteiger partial charge on any atom is 0.327 e. The van der Waals surface area contributed by atoms with Crippen molar-refractivity contribution < 1.29 is 14.4 Å². The van der Waals surface area contributed by atoms with Crippen LogP contribution >= 0.6 is 15.9 Å². The minimum Gasteiger partial charge on any atom is -0.345 e. The van der Waals surface area contributed by atoms with E-state index < -0.39 is 17.7 Å². The van der Waals surface area contributed by atoms with Crippen LogP contribution in [0.4, 0.5) is 0 Å². The van der Waals surface area contributed by atoms with E-state index in [4.69, 9.17) is 0 Å². The molecule has 3 amide bonds. The van der Waals surface area contributed by atoms with Crippen LogP contribution in [-0.4, -0.2) is 23.8 Å². The zero-order valence-corrected chi connectivity index (χ0v) is 11.5. The van der Waals surface area contributed by atoms with Gasteiger partial charge in [0.25, 0.3) is 5.91 Å². The number of benzene rings is 1. The Kier molecular flexibility index (Phi) is 4.16. The van der Waals surface area contributed by atoms with E-state index in [9.17, 15) is 14.4 Å². The van der Waals surface area contributed by atoms with E-state index in [1.54, 1.807) is 24.3 Å². The van der Waals surface area contributed by atoms with Gasteiger partial charge in [0, 0.05) is 10.5 Å². The summed E-state index contributed by atoms with van der Waals surface area (Å²) >= 11 is 3.22. The summed E-state index contributed by atoms with van der Waals surface area (Å²) in [5, 5.41) is 2.52. The quantitative estimate of drug-likeness (QED) is 0.546. The molecule has 19 heavy (non-hydrogen) atoms. The molecule has 0 atom stereocenters. The predicted molar refractivity (Wildman–Crippen MR) is 70.9 cm³/mol. The topological polar surface area (TPSA) is 87.3 Å². The zero-order chi connectivity index (χ0) is 13.8. The SMILES string of the molecule is O=C(NNC(=O)c1ccccc1Br)C(=O)NC1CC1. The molecule has 1 aliphatic rings. The Labute approximate surface area is 118 Å². The standard InChI is InChI=1S/C12H12BrN3O3/c13-9-4-2-1-3-8(9)10(17)15-16-12(19)11(18)14-7-5-6-7/h1-4,7H,5-6H2,(H,14,18)(H,15,17)(H,16,19). The average Bonchev–Trinajstić information content (AvgIpc) is 3.20. The van der Waals surface area contributed by atoms with Gasteiger partial charge in [-0.1, -0.05) is 12.1 Å². The van der Waals surface area contributed by atoms with Crippen LogP contribution in [-0.2, 0) is 9.59 Å². The summed E-state index contributed by atoms with van der Waals surface area (Å²) in [6, 6.07) is 6.85. The Balaban J connectivity index is 1.84. The first-order chi connectivity index (χ1) is 9.08. The van der Waals surface area contributed by atoms with E-state index in [2.05, 4.69) is 32.1 Å². The first-order valence-corrected chi connectivity index (χ1v) is 6.53. The number of halogens is 1. The maximum atomic E-state index is 11.7. The highest BCUT2D eigenvalue weighted by molar-refractivity contribution is 9.10. The lowest BCUT2D eigenvalue weighted by molar-refractivity contribution is -0.139. The third-order valence-corrected chi connectivity index (χ3v) is 3.22. The Bertz CT molecular complexity index is 529. The molecule has 100 valence electrons. The van der Waals surface area contributed by atoms with Crippen molar-refractivity contribution in [2.45, 2.75) is 18.9 Å². The Morgan fingerprint density at radius 1 is 1.05 bits per heavy atom. The molecule has 0 aromatic heterocycles. The summed E-state index contributed by atoms with van der Waals surface area (Å²) in [5.41, 5.74) is 4.62. The monoisotopic (exact) mass is 325 g/mol. The van der Waals surface area contributed by atoms with E-state index >= 15 is 0 Å². The molecule has 0 heterocycles. The molecule has 7 heteroatoms. The molecule has 3 N–H and O–H groups in total. The highest BCUT2D eigenvalue weighted by atomic mass is 79.9. The van der Waals surface area contributed by atoms with Crippen molar-refractivity contribution in [1.29, 1.82) is 0 Å². The molecule has 0 spiro atoms. The van der Waals surface area contributed by atoms with Crippen LogP contribution in [0.15, 0.2) is 28.7 Å². The van der Waals surface area contributed by atoms with Crippen molar-refractivity contribution in [1.82, 2.24) is 16.2 Å². The highest BCUT2D eigenvalue weighted by Gasteiger charge is 2.26. The van der Waals surface area contributed by atoms with Gasteiger partial charge in [-0.05, 0) is 40.9 Å². The molecular weight excluding hydrogens is 314 g/mol. The van der Waals surface area contributed by atoms with E-state index in [1.807, 2.05) is 0 Å². The zero-order valence-electron chi connectivity index (χ0n) is 9.90. The van der Waals surface area contributed by atoms with Gasteiger partial charge in [-0.2, -0.15) is 0 Å². The van der Waals surface area contributed by atoms with Gasteiger partial charge in [0.05, 0.1) is 5.56 Å². The Morgan fingerprint density at radius 3 is 2.37 bits per heavy atom. The highest BCUT2D eigenvalue weighted by Crippen LogP contribution is 2.18. The van der Waals surface area contributed by atoms with Crippen molar-refractivity contribution in [3.05, 3.63) is 34.3 Å². The molecule has 1 aromatic rings. The van der Waals surface area contributed by atoms with Gasteiger partial charge in [0.1, 0.15) is 0 Å². The number of hydrogen-bond acceptors (Lipinski definition) is 3. The van der Waals surface area contributed by atoms with Gasteiger partial charge in [0.15, 0.2) is 0 Å². The second-order valence-corrected chi connectivity index (χ2v) is 4.99. The Morgan fingerprint density at radius 2 is 1.74 bits per heavy atom. The number of nitrogens with one attached hydrogen (secondary N) is 3. The summed E-state index contributed by atoms with van der Waals surface area (Å²) in [5.74, 6) is -2.12. The molecule has 2 rings (SSSR count). The van der Waals surface area contributed by atoms with Crippen LogP contribution in [0.25, 0.3) is 0 Å². The molecule has 6 nitrogen and oxygen atoms in total. The molecular formula is C12H12BrN3O3. The van der Waals surface area contributed by atoms with Crippen molar-refractivity contribution >= 4 is 33.7 Å². The summed E-state index contributed by atoms with van der Waals surface area (Å²) in [6.45, 7) is 0. The average molecular weight is 326 g/mol. The maximum absolute atomic E-state index is 11.7. The fourth-order valence-electron chi connectivity index (χ4n) is 1.36. The van der Waals surface area contributed by atoms with E-state index in [0.29, 0.717) is 10.0 Å². The Hall–Kier alpha value is -1.89. The summed E-state index contributed by atoms with van der Waals surface area (Å²) in [4.78, 5) is 34.4. The van der Waals surface area contributed by atoms with Crippen LogP contribution in [0, 0.1) is 0 Å². The second kappa shape index (κ2) is 5.83. The van der Waals surface area contributed by atoms with Crippen LogP contribution < -0.4 is 16.2 Å². The van der Waals surface area contributed by atoms with Gasteiger partial charge in [-0.25, -0.2) is 0 Å². The van der Waals surface area contributed by atoms with Crippen molar-refractivity contribution in [2.24, 2.45) is 0 Å². The lowest BCUT2D eigenvalue weighted by Crippen LogP contribution is -2.49. The fourth-order valence-corrected chi connectivity index (χ4v) is 1.83. The number of carbonyl (C=O) groups excluding carboxylic acids is 3. The third-order valence-electron chi connectivity index (χ3n) is 2.53. The van der Waals surface area contributed by atoms with Gasteiger partial charge in [-0.15, -0.1) is 0 Å². The molecule has 1 aromatic carbocycles. The minimum atomic E-state index is -0.882. The largest absolute Gasteiger partial charge is 0.345 e. The first kappa shape index (κ1) is 13.5. The molecule has 0 unspecified atom stereocenters. The van der Waals surface area contributed by atoms with Crippen LogP contribution in [0.3, 0.4) is 0 Å². The number of hydrogen-bond donors (Lipinski definition) is 3. The predicted octanol–water partition coefficient (Wildman–Crippen LogP) is 0.489. The van der Waals surface area contributed by atoms with Crippen LogP contribution in [0.2, 0.25) is 0 Å². The molecule has 0 radical (unpaired) electrons. The van der Waals surface area contributed by atoms with Crippen LogP contribution in [0.1, 0.15) is 23.2 Å². The van der Waals surface area contributed by atoms with Gasteiger partial charge in [-0.3, -0.25) is 25.2 Å². The first-order valence-electron chi connectivity index (χ1n) is 5.73. The second-order valence-electron chi connectivity index (χ2n) is 4.14. The smallest absolute Gasteiger partial charge is 0.327 e. The van der Waals surface area contributed by atoms with Crippen molar-refractivity contribution in [3.8, 4) is 0 Å². The van der Waals surface area contributed by atoms with E-state index in [0.717, 1.165) is 12.8 Å².